The number of thiophene rings is 1. The van der Waals surface area contributed by atoms with Crippen LogP contribution in [0.25, 0.3) is 0 Å². The van der Waals surface area contributed by atoms with Crippen molar-refractivity contribution in [2.45, 2.75) is 58.0 Å². The number of nitrogens with one attached hydrogen (secondary N) is 1. The highest BCUT2D eigenvalue weighted by Crippen LogP contribution is 2.29. The summed E-state index contributed by atoms with van der Waals surface area (Å²) >= 11 is 1.63. The van der Waals surface area contributed by atoms with Crippen LogP contribution in [0.4, 0.5) is 0 Å². The molecular formula is C16H24N2OS. The number of amides is 1. The van der Waals surface area contributed by atoms with Gasteiger partial charge >= 0.3 is 0 Å². The van der Waals surface area contributed by atoms with Crippen molar-refractivity contribution in [1.82, 2.24) is 10.2 Å². The van der Waals surface area contributed by atoms with Crippen LogP contribution >= 0.6 is 11.3 Å². The van der Waals surface area contributed by atoms with Crippen molar-refractivity contribution in [3.05, 3.63) is 21.4 Å². The number of hydrogen-bond acceptors (Lipinski definition) is 3. The van der Waals surface area contributed by atoms with Crippen LogP contribution in [0.3, 0.4) is 0 Å². The molecule has 1 aromatic rings. The van der Waals surface area contributed by atoms with Crippen LogP contribution in [-0.4, -0.2) is 36.0 Å². The van der Waals surface area contributed by atoms with Crippen LogP contribution in [0.2, 0.25) is 0 Å². The summed E-state index contributed by atoms with van der Waals surface area (Å²) in [5.41, 5.74) is 1.31. The maximum absolute atomic E-state index is 12.3. The molecule has 110 valence electrons. The molecule has 2 heterocycles. The van der Waals surface area contributed by atoms with Gasteiger partial charge in [0.2, 0.25) is 0 Å². The van der Waals surface area contributed by atoms with Gasteiger partial charge in [0, 0.05) is 30.1 Å². The van der Waals surface area contributed by atoms with E-state index in [2.05, 4.69) is 30.1 Å². The smallest absolute Gasteiger partial charge is 0.261 e. The van der Waals surface area contributed by atoms with Crippen LogP contribution in [0, 0.1) is 6.92 Å². The number of likely N-dealkylation sites (tertiary alicyclic amines) is 1. The van der Waals surface area contributed by atoms with Crippen molar-refractivity contribution in [3.63, 3.8) is 0 Å². The van der Waals surface area contributed by atoms with Crippen molar-refractivity contribution < 1.29 is 4.79 Å². The summed E-state index contributed by atoms with van der Waals surface area (Å²) in [6, 6.07) is 3.29. The minimum Gasteiger partial charge on any atom is -0.349 e. The minimum absolute atomic E-state index is 0.127. The maximum Gasteiger partial charge on any atom is 0.261 e. The quantitative estimate of drug-likeness (QED) is 0.925. The van der Waals surface area contributed by atoms with Crippen LogP contribution < -0.4 is 5.32 Å². The molecule has 1 N–H and O–H groups in total. The molecule has 1 saturated carbocycles. The number of aryl methyl sites for hydroxylation is 2. The minimum atomic E-state index is 0.127. The Labute approximate surface area is 125 Å². The second kappa shape index (κ2) is 5.86. The average molecular weight is 292 g/mol. The first-order valence-electron chi connectivity index (χ1n) is 7.81. The Hall–Kier alpha value is -0.870. The molecule has 2 aliphatic rings. The molecule has 1 amide bonds. The largest absolute Gasteiger partial charge is 0.349 e. The van der Waals surface area contributed by atoms with E-state index >= 15 is 0 Å². The Balaban J connectivity index is 1.53. The fourth-order valence-electron chi connectivity index (χ4n) is 3.09. The second-order valence-electron chi connectivity index (χ2n) is 6.06. The van der Waals surface area contributed by atoms with E-state index in [1.165, 1.54) is 23.3 Å². The molecule has 2 fully saturated rings. The molecule has 0 unspecified atom stereocenters. The first kappa shape index (κ1) is 14.1. The summed E-state index contributed by atoms with van der Waals surface area (Å²) in [7, 11) is 0. The van der Waals surface area contributed by atoms with Crippen molar-refractivity contribution in [2.24, 2.45) is 0 Å². The van der Waals surface area contributed by atoms with E-state index in [9.17, 15) is 4.79 Å². The molecule has 0 atom stereocenters. The normalized spacial score (nSPS) is 21.1. The third-order valence-electron chi connectivity index (χ3n) is 4.55. The van der Waals surface area contributed by atoms with E-state index in [4.69, 9.17) is 0 Å². The lowest BCUT2D eigenvalue weighted by Gasteiger charge is -2.32. The van der Waals surface area contributed by atoms with Crippen LogP contribution in [0.15, 0.2) is 6.07 Å². The first-order valence-corrected chi connectivity index (χ1v) is 8.63. The lowest BCUT2D eigenvalue weighted by atomic mass is 10.0. The van der Waals surface area contributed by atoms with Gasteiger partial charge in [0.05, 0.1) is 4.88 Å². The molecule has 0 radical (unpaired) electrons. The van der Waals surface area contributed by atoms with Crippen molar-refractivity contribution in [3.8, 4) is 0 Å². The molecule has 4 heteroatoms. The van der Waals surface area contributed by atoms with Gasteiger partial charge in [0.25, 0.3) is 5.91 Å². The maximum atomic E-state index is 12.3. The van der Waals surface area contributed by atoms with Crippen LogP contribution in [0.1, 0.15) is 52.7 Å². The van der Waals surface area contributed by atoms with Crippen LogP contribution in [-0.2, 0) is 6.42 Å². The average Bonchev–Trinajstić information content (AvgIpc) is 3.22. The summed E-state index contributed by atoms with van der Waals surface area (Å²) in [4.78, 5) is 17.1. The highest BCUT2D eigenvalue weighted by Gasteiger charge is 2.32. The first-order chi connectivity index (χ1) is 9.67. The predicted molar refractivity (Wildman–Crippen MR) is 83.5 cm³/mol. The molecule has 1 saturated heterocycles. The summed E-state index contributed by atoms with van der Waals surface area (Å²) in [6.45, 7) is 6.55. The Morgan fingerprint density at radius 3 is 2.60 bits per heavy atom. The van der Waals surface area contributed by atoms with Gasteiger partial charge in [-0.1, -0.05) is 6.92 Å². The summed E-state index contributed by atoms with van der Waals surface area (Å²) in [5, 5.41) is 3.22. The monoisotopic (exact) mass is 292 g/mol. The molecule has 1 aliphatic heterocycles. The van der Waals surface area contributed by atoms with Crippen molar-refractivity contribution >= 4 is 17.2 Å². The van der Waals surface area contributed by atoms with E-state index < -0.39 is 0 Å². The van der Waals surface area contributed by atoms with E-state index in [0.717, 1.165) is 43.3 Å². The zero-order chi connectivity index (χ0) is 14.1. The number of hydrogen-bond donors (Lipinski definition) is 1. The molecule has 0 aromatic carbocycles. The fraction of sp³-hybridized carbons (Fsp3) is 0.688. The predicted octanol–water partition coefficient (Wildman–Crippen LogP) is 2.98. The van der Waals surface area contributed by atoms with Crippen LogP contribution in [0.5, 0.6) is 0 Å². The third-order valence-corrected chi connectivity index (χ3v) is 5.64. The Kier molecular flexibility index (Phi) is 4.13. The zero-order valence-electron chi connectivity index (χ0n) is 12.4. The lowest BCUT2D eigenvalue weighted by Crippen LogP contribution is -2.45. The summed E-state index contributed by atoms with van der Waals surface area (Å²) in [6.07, 6.45) is 5.98. The van der Waals surface area contributed by atoms with Gasteiger partial charge in [0.15, 0.2) is 0 Å². The topological polar surface area (TPSA) is 32.3 Å². The van der Waals surface area contributed by atoms with Gasteiger partial charge in [-0.2, -0.15) is 0 Å². The molecule has 3 rings (SSSR count). The second-order valence-corrected chi connectivity index (χ2v) is 7.32. The molecule has 1 aliphatic carbocycles. The lowest BCUT2D eigenvalue weighted by molar-refractivity contribution is 0.0913. The fourth-order valence-corrected chi connectivity index (χ4v) is 4.10. The Morgan fingerprint density at radius 2 is 2.05 bits per heavy atom. The zero-order valence-corrected chi connectivity index (χ0v) is 13.3. The Morgan fingerprint density at radius 1 is 1.35 bits per heavy atom. The molecule has 1 aromatic heterocycles. The van der Waals surface area contributed by atoms with E-state index in [0.29, 0.717) is 6.04 Å². The van der Waals surface area contributed by atoms with Crippen molar-refractivity contribution in [2.75, 3.05) is 13.1 Å². The summed E-state index contributed by atoms with van der Waals surface area (Å²) in [5.74, 6) is 0.127. The van der Waals surface area contributed by atoms with E-state index in [-0.39, 0.29) is 5.91 Å². The van der Waals surface area contributed by atoms with Gasteiger partial charge in [0.1, 0.15) is 0 Å². The third kappa shape index (κ3) is 3.07. The SMILES string of the molecule is CCc1cc(C(=O)NC2CCN(C3CC3)CC2)sc1C. The molecule has 0 bridgehead atoms. The number of carbonyl (C=O) groups is 1. The molecule has 20 heavy (non-hydrogen) atoms. The Bertz CT molecular complexity index is 485. The molecule has 3 nitrogen and oxygen atoms in total. The van der Waals surface area contributed by atoms with Gasteiger partial charge in [-0.05, 0) is 50.7 Å². The number of carbonyl (C=O) groups excluding carboxylic acids is 1. The standard InChI is InChI=1S/C16H24N2OS/c1-3-12-10-15(20-11(12)2)16(19)17-13-6-8-18(9-7-13)14-4-5-14/h10,13-14H,3-9H2,1-2H3,(H,17,19). The highest BCUT2D eigenvalue weighted by molar-refractivity contribution is 7.14. The number of nitrogens with zero attached hydrogens (tertiary/aromatic N) is 1. The number of rotatable bonds is 4. The van der Waals surface area contributed by atoms with E-state index in [1.807, 2.05) is 0 Å². The molecular weight excluding hydrogens is 268 g/mol. The summed E-state index contributed by atoms with van der Waals surface area (Å²) < 4.78 is 0. The van der Waals surface area contributed by atoms with Gasteiger partial charge < -0.3 is 10.2 Å². The van der Waals surface area contributed by atoms with Crippen molar-refractivity contribution in [1.29, 1.82) is 0 Å². The van der Waals surface area contributed by atoms with Gasteiger partial charge in [-0.15, -0.1) is 11.3 Å². The molecule has 0 spiro atoms. The number of piperidine rings is 1. The van der Waals surface area contributed by atoms with E-state index in [1.54, 1.807) is 11.3 Å². The van der Waals surface area contributed by atoms with Gasteiger partial charge in [-0.25, -0.2) is 0 Å². The highest BCUT2D eigenvalue weighted by atomic mass is 32.1. The van der Waals surface area contributed by atoms with Gasteiger partial charge in [-0.3, -0.25) is 4.79 Å².